The number of nitro benzene ring substituents is 1. The van der Waals surface area contributed by atoms with Crippen LogP contribution in [0.25, 0.3) is 0 Å². The average molecular weight is 302 g/mol. The Labute approximate surface area is 113 Å². The first-order chi connectivity index (χ1) is 8.66. The smallest absolute Gasteiger partial charge is 0.258 e. The zero-order valence-electron chi connectivity index (χ0n) is 9.26. The Balaban J connectivity index is 2.31. The van der Waals surface area contributed by atoms with Gasteiger partial charge in [0.25, 0.3) is 5.69 Å². The first-order valence-corrected chi connectivity index (χ1v) is 5.97. The van der Waals surface area contributed by atoms with Crippen LogP contribution in [0.2, 0.25) is 0 Å². The molecule has 0 heterocycles. The monoisotopic (exact) mass is 301 g/mol. The molecule has 0 saturated carbocycles. The predicted molar refractivity (Wildman–Crippen MR) is 73.2 cm³/mol. The molecule has 2 aromatic rings. The van der Waals surface area contributed by atoms with Crippen LogP contribution in [0.15, 0.2) is 53.0 Å². The molecule has 0 aliphatic heterocycles. The minimum absolute atomic E-state index is 0.0483. The average Bonchev–Trinajstić information content (AvgIpc) is 2.38. The van der Waals surface area contributed by atoms with Crippen molar-refractivity contribution < 1.29 is 4.92 Å². The summed E-state index contributed by atoms with van der Waals surface area (Å²) in [6.07, 6.45) is 0. The third kappa shape index (κ3) is 2.96. The van der Waals surface area contributed by atoms with Gasteiger partial charge in [0.2, 0.25) is 0 Å². The summed E-state index contributed by atoms with van der Waals surface area (Å²) < 4.78 is 0.625. The fourth-order valence-corrected chi connectivity index (χ4v) is 1.85. The van der Waals surface area contributed by atoms with E-state index in [-0.39, 0.29) is 5.69 Å². The van der Waals surface area contributed by atoms with E-state index in [1.807, 2.05) is 30.3 Å². The number of hydrogen-bond donors (Lipinski definition) is 0. The van der Waals surface area contributed by atoms with E-state index in [1.54, 1.807) is 6.07 Å². The molecule has 0 atom stereocenters. The molecular formula is C14H8BrNO2. The van der Waals surface area contributed by atoms with Gasteiger partial charge in [0.05, 0.1) is 4.92 Å². The molecule has 0 amide bonds. The maximum absolute atomic E-state index is 10.6. The standard InChI is InChI=1S/C14H8BrNO2/c15-14-10-13(16(17)18)9-8-12(14)7-6-11-4-2-1-3-5-11/h1-5,8-10H. The second-order valence-corrected chi connectivity index (χ2v) is 4.39. The molecule has 0 spiro atoms. The SMILES string of the molecule is O=[N+]([O-])c1ccc(C#Cc2ccccc2)c(Br)c1. The van der Waals surface area contributed by atoms with Gasteiger partial charge in [-0.25, -0.2) is 0 Å². The summed E-state index contributed by atoms with van der Waals surface area (Å²) in [5.74, 6) is 5.98. The van der Waals surface area contributed by atoms with E-state index in [0.717, 1.165) is 11.1 Å². The molecule has 0 radical (unpaired) electrons. The maximum atomic E-state index is 10.6. The lowest BCUT2D eigenvalue weighted by molar-refractivity contribution is -0.384. The van der Waals surface area contributed by atoms with Crippen molar-refractivity contribution in [3.05, 3.63) is 74.2 Å². The Morgan fingerprint density at radius 1 is 1.06 bits per heavy atom. The first kappa shape index (κ1) is 12.3. The van der Waals surface area contributed by atoms with E-state index < -0.39 is 4.92 Å². The molecule has 0 unspecified atom stereocenters. The van der Waals surface area contributed by atoms with Crippen molar-refractivity contribution in [1.29, 1.82) is 0 Å². The van der Waals surface area contributed by atoms with Crippen LogP contribution in [0.3, 0.4) is 0 Å². The van der Waals surface area contributed by atoms with Crippen LogP contribution in [0.1, 0.15) is 11.1 Å². The molecule has 0 aromatic heterocycles. The normalized spacial score (nSPS) is 9.39. The molecule has 2 aromatic carbocycles. The number of halogens is 1. The third-order valence-corrected chi connectivity index (χ3v) is 2.93. The molecule has 2 rings (SSSR count). The number of benzene rings is 2. The van der Waals surface area contributed by atoms with E-state index in [9.17, 15) is 10.1 Å². The van der Waals surface area contributed by atoms with Gasteiger partial charge < -0.3 is 0 Å². The molecule has 18 heavy (non-hydrogen) atoms. The van der Waals surface area contributed by atoms with Gasteiger partial charge >= 0.3 is 0 Å². The van der Waals surface area contributed by atoms with Crippen molar-refractivity contribution in [2.45, 2.75) is 0 Å². The molecule has 0 fully saturated rings. The van der Waals surface area contributed by atoms with Crippen LogP contribution in [0.5, 0.6) is 0 Å². The van der Waals surface area contributed by atoms with Gasteiger partial charge in [0.1, 0.15) is 0 Å². The zero-order valence-corrected chi connectivity index (χ0v) is 10.8. The fourth-order valence-electron chi connectivity index (χ4n) is 1.38. The lowest BCUT2D eigenvalue weighted by Gasteiger charge is -1.96. The zero-order chi connectivity index (χ0) is 13.0. The number of non-ortho nitro benzene ring substituents is 1. The molecule has 0 aliphatic rings. The molecule has 0 N–H and O–H groups in total. The van der Waals surface area contributed by atoms with Crippen LogP contribution in [0.4, 0.5) is 5.69 Å². The molecule has 88 valence electrons. The first-order valence-electron chi connectivity index (χ1n) is 5.18. The highest BCUT2D eigenvalue weighted by molar-refractivity contribution is 9.10. The highest BCUT2D eigenvalue weighted by Gasteiger charge is 2.07. The largest absolute Gasteiger partial charge is 0.270 e. The minimum Gasteiger partial charge on any atom is -0.258 e. The summed E-state index contributed by atoms with van der Waals surface area (Å²) in [6, 6.07) is 14.1. The summed E-state index contributed by atoms with van der Waals surface area (Å²) in [4.78, 5) is 10.2. The van der Waals surface area contributed by atoms with E-state index in [2.05, 4.69) is 27.8 Å². The van der Waals surface area contributed by atoms with Gasteiger partial charge in [0.15, 0.2) is 0 Å². The number of rotatable bonds is 1. The molecular weight excluding hydrogens is 294 g/mol. The highest BCUT2D eigenvalue weighted by Crippen LogP contribution is 2.22. The third-order valence-electron chi connectivity index (χ3n) is 2.28. The van der Waals surface area contributed by atoms with Gasteiger partial charge in [-0.3, -0.25) is 10.1 Å². The fraction of sp³-hybridized carbons (Fsp3) is 0. The minimum atomic E-state index is -0.431. The highest BCUT2D eigenvalue weighted by atomic mass is 79.9. The lowest BCUT2D eigenvalue weighted by Crippen LogP contribution is -1.88. The maximum Gasteiger partial charge on any atom is 0.270 e. The van der Waals surface area contributed by atoms with Crippen molar-refractivity contribution in [1.82, 2.24) is 0 Å². The Hall–Kier alpha value is -2.12. The summed E-state index contributed by atoms with van der Waals surface area (Å²) in [5, 5.41) is 10.6. The van der Waals surface area contributed by atoms with Crippen LogP contribution < -0.4 is 0 Å². The van der Waals surface area contributed by atoms with Crippen LogP contribution in [-0.4, -0.2) is 4.92 Å². The molecule has 0 aliphatic carbocycles. The summed E-state index contributed by atoms with van der Waals surface area (Å²) >= 11 is 3.28. The van der Waals surface area contributed by atoms with Gasteiger partial charge in [-0.15, -0.1) is 0 Å². The van der Waals surface area contributed by atoms with Gasteiger partial charge in [-0.2, -0.15) is 0 Å². The lowest BCUT2D eigenvalue weighted by atomic mass is 10.2. The molecule has 0 bridgehead atoms. The molecule has 4 heteroatoms. The van der Waals surface area contributed by atoms with Crippen LogP contribution in [0, 0.1) is 22.0 Å². The molecule has 3 nitrogen and oxygen atoms in total. The van der Waals surface area contributed by atoms with E-state index in [0.29, 0.717) is 4.47 Å². The Bertz CT molecular complexity index is 642. The van der Waals surface area contributed by atoms with Crippen LogP contribution >= 0.6 is 15.9 Å². The van der Waals surface area contributed by atoms with E-state index >= 15 is 0 Å². The predicted octanol–water partition coefficient (Wildman–Crippen LogP) is 3.76. The Morgan fingerprint density at radius 3 is 2.39 bits per heavy atom. The van der Waals surface area contributed by atoms with Crippen molar-refractivity contribution in [3.63, 3.8) is 0 Å². The summed E-state index contributed by atoms with van der Waals surface area (Å²) in [6.45, 7) is 0. The van der Waals surface area contributed by atoms with E-state index in [4.69, 9.17) is 0 Å². The number of hydrogen-bond acceptors (Lipinski definition) is 2. The second kappa shape index (κ2) is 5.48. The second-order valence-electron chi connectivity index (χ2n) is 3.54. The van der Waals surface area contributed by atoms with Crippen molar-refractivity contribution in [2.24, 2.45) is 0 Å². The van der Waals surface area contributed by atoms with E-state index in [1.165, 1.54) is 12.1 Å². The summed E-state index contributed by atoms with van der Waals surface area (Å²) in [7, 11) is 0. The van der Waals surface area contributed by atoms with Crippen molar-refractivity contribution >= 4 is 21.6 Å². The Morgan fingerprint density at radius 2 is 1.78 bits per heavy atom. The van der Waals surface area contributed by atoms with Gasteiger partial charge in [0, 0.05) is 27.7 Å². The number of nitrogens with zero attached hydrogens (tertiary/aromatic N) is 1. The number of nitro groups is 1. The van der Waals surface area contributed by atoms with Crippen LogP contribution in [-0.2, 0) is 0 Å². The van der Waals surface area contributed by atoms with Gasteiger partial charge in [-0.1, -0.05) is 30.0 Å². The quantitative estimate of drug-likeness (QED) is 0.457. The van der Waals surface area contributed by atoms with Crippen molar-refractivity contribution in [2.75, 3.05) is 0 Å². The summed E-state index contributed by atoms with van der Waals surface area (Å²) in [5.41, 5.74) is 1.68. The molecule has 0 saturated heterocycles. The Kier molecular flexibility index (Phi) is 3.75. The van der Waals surface area contributed by atoms with Crippen molar-refractivity contribution in [3.8, 4) is 11.8 Å². The topological polar surface area (TPSA) is 43.1 Å². The van der Waals surface area contributed by atoms with Gasteiger partial charge in [-0.05, 0) is 34.1 Å².